The molecule has 0 bridgehead atoms. The van der Waals surface area contributed by atoms with Gasteiger partial charge in [0.1, 0.15) is 0 Å². The second-order valence-electron chi connectivity index (χ2n) is 5.13. The molecule has 1 aromatic carbocycles. The lowest BCUT2D eigenvalue weighted by Gasteiger charge is -2.03. The second-order valence-corrected chi connectivity index (χ2v) is 6.14. The van der Waals surface area contributed by atoms with Crippen LogP contribution in [0.25, 0.3) is 0 Å². The summed E-state index contributed by atoms with van der Waals surface area (Å²) in [5.41, 5.74) is 2.89. The van der Waals surface area contributed by atoms with Crippen molar-refractivity contribution in [2.45, 2.75) is 22.9 Å². The summed E-state index contributed by atoms with van der Waals surface area (Å²) in [5, 5.41) is 15.5. The first-order valence-electron chi connectivity index (χ1n) is 7.20. The molecule has 2 aromatic rings. The number of hydrogen-bond donors (Lipinski definition) is 1. The largest absolute Gasteiger partial charge is 0.283 e. The average Bonchev–Trinajstić information content (AvgIpc) is 3.42. The normalized spacial score (nSPS) is 13.8. The van der Waals surface area contributed by atoms with Crippen LogP contribution in [0.4, 0.5) is 5.69 Å². The Hall–Kier alpha value is -2.81. The Morgan fingerprint density at radius 3 is 2.79 bits per heavy atom. The van der Waals surface area contributed by atoms with Crippen LogP contribution in [-0.4, -0.2) is 27.0 Å². The number of nitrogens with one attached hydrogen (secondary N) is 1. The number of amides is 1. The van der Waals surface area contributed by atoms with Crippen LogP contribution in [-0.2, 0) is 4.79 Å². The first kappa shape index (κ1) is 16.1. The zero-order valence-corrected chi connectivity index (χ0v) is 13.3. The van der Waals surface area contributed by atoms with Gasteiger partial charge in [-0.05, 0) is 36.7 Å². The average molecular weight is 343 g/mol. The molecule has 8 nitrogen and oxygen atoms in total. The van der Waals surface area contributed by atoms with Crippen molar-refractivity contribution < 1.29 is 9.72 Å². The molecule has 0 saturated heterocycles. The Morgan fingerprint density at radius 2 is 2.12 bits per heavy atom. The lowest BCUT2D eigenvalue weighted by Crippen LogP contribution is -2.18. The van der Waals surface area contributed by atoms with Gasteiger partial charge in [-0.3, -0.25) is 14.9 Å². The summed E-state index contributed by atoms with van der Waals surface area (Å²) in [6.45, 7) is 0. The molecule has 0 aliphatic heterocycles. The van der Waals surface area contributed by atoms with E-state index in [2.05, 4.69) is 20.5 Å². The van der Waals surface area contributed by atoms with Crippen molar-refractivity contribution in [2.24, 2.45) is 11.0 Å². The van der Waals surface area contributed by atoms with Gasteiger partial charge < -0.3 is 0 Å². The van der Waals surface area contributed by atoms with Crippen molar-refractivity contribution in [3.05, 3.63) is 52.3 Å². The topological polar surface area (TPSA) is 110 Å². The van der Waals surface area contributed by atoms with Gasteiger partial charge in [-0.2, -0.15) is 5.10 Å². The minimum atomic E-state index is -0.467. The van der Waals surface area contributed by atoms with Crippen LogP contribution >= 0.6 is 11.8 Å². The number of rotatable bonds is 6. The zero-order chi connectivity index (χ0) is 16.9. The zero-order valence-electron chi connectivity index (χ0n) is 12.5. The molecule has 1 aromatic heterocycles. The monoisotopic (exact) mass is 343 g/mol. The Kier molecular flexibility index (Phi) is 4.80. The first-order chi connectivity index (χ1) is 11.6. The summed E-state index contributed by atoms with van der Waals surface area (Å²) in [6.07, 6.45) is 6.32. The molecule has 9 heteroatoms. The van der Waals surface area contributed by atoms with Gasteiger partial charge in [0.05, 0.1) is 16.0 Å². The van der Waals surface area contributed by atoms with Gasteiger partial charge in [0.2, 0.25) is 5.91 Å². The number of nitro groups is 1. The molecule has 3 rings (SSSR count). The molecule has 0 radical (unpaired) electrons. The predicted molar refractivity (Wildman–Crippen MR) is 87.7 cm³/mol. The SMILES string of the molecule is O=C(N/N=C\c1ccc(Sc2ncccn2)c([N+](=O)[O-])c1)C1CC1. The molecule has 1 aliphatic carbocycles. The Labute approximate surface area is 141 Å². The fraction of sp³-hybridized carbons (Fsp3) is 0.200. The van der Waals surface area contributed by atoms with Crippen molar-refractivity contribution >= 4 is 29.6 Å². The molecule has 0 unspecified atom stereocenters. The van der Waals surface area contributed by atoms with Crippen molar-refractivity contribution in [3.8, 4) is 0 Å². The maximum absolute atomic E-state index is 11.5. The summed E-state index contributed by atoms with van der Waals surface area (Å²) in [7, 11) is 0. The van der Waals surface area contributed by atoms with Crippen molar-refractivity contribution in [1.29, 1.82) is 0 Å². The highest BCUT2D eigenvalue weighted by Crippen LogP contribution is 2.33. The standard InChI is InChI=1S/C15H13N5O3S/c21-14(11-3-4-11)19-18-9-10-2-5-13(12(8-10)20(22)23)24-15-16-6-1-7-17-15/h1-2,5-9,11H,3-4H2,(H,19,21)/b18-9-. The van der Waals surface area contributed by atoms with Gasteiger partial charge in [0.15, 0.2) is 5.16 Å². The molecule has 1 N–H and O–H groups in total. The van der Waals surface area contributed by atoms with E-state index in [1.165, 1.54) is 12.3 Å². The number of carbonyl (C=O) groups is 1. The molecular weight excluding hydrogens is 330 g/mol. The van der Waals surface area contributed by atoms with E-state index >= 15 is 0 Å². The van der Waals surface area contributed by atoms with Crippen molar-refractivity contribution in [2.75, 3.05) is 0 Å². The molecule has 0 spiro atoms. The smallest absolute Gasteiger partial charge is 0.273 e. The van der Waals surface area contributed by atoms with E-state index in [4.69, 9.17) is 0 Å². The van der Waals surface area contributed by atoms with Gasteiger partial charge >= 0.3 is 0 Å². The number of hydrazone groups is 1. The van der Waals surface area contributed by atoms with Crippen molar-refractivity contribution in [1.82, 2.24) is 15.4 Å². The number of nitrogens with zero attached hydrogens (tertiary/aromatic N) is 4. The number of aromatic nitrogens is 2. The highest BCUT2D eigenvalue weighted by molar-refractivity contribution is 7.99. The number of carbonyl (C=O) groups excluding carboxylic acids is 1. The van der Waals surface area contributed by atoms with Crippen LogP contribution in [0.15, 0.2) is 51.8 Å². The first-order valence-corrected chi connectivity index (χ1v) is 8.01. The summed E-state index contributed by atoms with van der Waals surface area (Å²) in [6, 6.07) is 6.38. The minimum absolute atomic E-state index is 0.0566. The van der Waals surface area contributed by atoms with Gasteiger partial charge in [-0.25, -0.2) is 15.4 Å². The molecule has 1 heterocycles. The fourth-order valence-corrected chi connectivity index (χ4v) is 2.69. The van der Waals surface area contributed by atoms with Crippen LogP contribution < -0.4 is 5.43 Å². The van der Waals surface area contributed by atoms with Crippen LogP contribution in [0.1, 0.15) is 18.4 Å². The highest BCUT2D eigenvalue weighted by Gasteiger charge is 2.29. The Morgan fingerprint density at radius 1 is 1.38 bits per heavy atom. The summed E-state index contributed by atoms with van der Waals surface area (Å²) in [5.74, 6) is -0.0599. The fourth-order valence-electron chi connectivity index (χ4n) is 1.89. The summed E-state index contributed by atoms with van der Waals surface area (Å²) >= 11 is 1.11. The quantitative estimate of drug-likeness (QED) is 0.373. The Bertz CT molecular complexity index is 793. The summed E-state index contributed by atoms with van der Waals surface area (Å²) < 4.78 is 0. The summed E-state index contributed by atoms with van der Waals surface area (Å²) in [4.78, 5) is 30.8. The lowest BCUT2D eigenvalue weighted by molar-refractivity contribution is -0.387. The van der Waals surface area contributed by atoms with E-state index < -0.39 is 4.92 Å². The van der Waals surface area contributed by atoms with Gasteiger partial charge in [0, 0.05) is 29.9 Å². The van der Waals surface area contributed by atoms with Crippen molar-refractivity contribution in [3.63, 3.8) is 0 Å². The van der Waals surface area contributed by atoms with E-state index in [1.807, 2.05) is 0 Å². The third-order valence-corrected chi connectivity index (χ3v) is 4.22. The lowest BCUT2D eigenvalue weighted by atomic mass is 10.2. The number of nitro benzene ring substituents is 1. The predicted octanol–water partition coefficient (Wildman–Crippen LogP) is 2.40. The van der Waals surface area contributed by atoms with Gasteiger partial charge in [-0.15, -0.1) is 0 Å². The Balaban J connectivity index is 1.75. The molecule has 0 atom stereocenters. The highest BCUT2D eigenvalue weighted by atomic mass is 32.2. The van der Waals surface area contributed by atoms with Gasteiger partial charge in [-0.1, -0.05) is 6.07 Å². The minimum Gasteiger partial charge on any atom is -0.273 e. The molecule has 122 valence electrons. The van der Waals surface area contributed by atoms with E-state index in [1.54, 1.807) is 30.6 Å². The third kappa shape index (κ3) is 4.13. The molecule has 1 aliphatic rings. The van der Waals surface area contributed by atoms with E-state index in [0.717, 1.165) is 24.6 Å². The molecular formula is C15H13N5O3S. The van der Waals surface area contributed by atoms with Crippen LogP contribution in [0, 0.1) is 16.0 Å². The van der Waals surface area contributed by atoms with E-state index in [9.17, 15) is 14.9 Å². The molecule has 1 fully saturated rings. The molecule has 1 saturated carbocycles. The number of benzene rings is 1. The maximum Gasteiger partial charge on any atom is 0.283 e. The van der Waals surface area contributed by atoms with E-state index in [0.29, 0.717) is 15.6 Å². The maximum atomic E-state index is 11.5. The van der Waals surface area contributed by atoms with Gasteiger partial charge in [0.25, 0.3) is 5.69 Å². The van der Waals surface area contributed by atoms with Crippen LogP contribution in [0.3, 0.4) is 0 Å². The number of hydrogen-bond acceptors (Lipinski definition) is 7. The van der Waals surface area contributed by atoms with Crippen LogP contribution in [0.2, 0.25) is 0 Å². The van der Waals surface area contributed by atoms with E-state index in [-0.39, 0.29) is 17.5 Å². The second kappa shape index (κ2) is 7.18. The third-order valence-electron chi connectivity index (χ3n) is 3.26. The van der Waals surface area contributed by atoms with Crippen LogP contribution in [0.5, 0.6) is 0 Å². The molecule has 1 amide bonds. The molecule has 24 heavy (non-hydrogen) atoms.